The number of carboxylic acid groups (broad SMARTS) is 1. The highest BCUT2D eigenvalue weighted by atomic mass is 16.5. The first-order valence-electron chi connectivity index (χ1n) is 11.4. The predicted molar refractivity (Wildman–Crippen MR) is 125 cm³/mol. The van der Waals surface area contributed by atoms with E-state index in [-0.39, 0.29) is 37.5 Å². The standard InChI is InChI=1S/C26H30N2O6/c1-16-12-28(15-26(16,2)24(30)31)23(29)22(14-33-3)27-25(32)34-13-21-19-10-6-4-8-17(19)18-9-5-7-11-20(18)21/h4-11,16,21-22H,12-15H2,1-3H3,(H,27,32)(H,30,31)/t16-,22?,26-/m0/s1. The van der Waals surface area contributed by atoms with Gasteiger partial charge in [0.05, 0.1) is 12.0 Å². The Kier molecular flexibility index (Phi) is 6.61. The minimum Gasteiger partial charge on any atom is -0.481 e. The van der Waals surface area contributed by atoms with Crippen molar-refractivity contribution < 1.29 is 29.0 Å². The summed E-state index contributed by atoms with van der Waals surface area (Å²) in [4.78, 5) is 39.0. The molecule has 1 heterocycles. The van der Waals surface area contributed by atoms with Crippen molar-refractivity contribution in [3.05, 3.63) is 59.7 Å². The van der Waals surface area contributed by atoms with Gasteiger partial charge in [0, 0.05) is 26.1 Å². The molecule has 0 radical (unpaired) electrons. The van der Waals surface area contributed by atoms with E-state index in [0.717, 1.165) is 22.3 Å². The van der Waals surface area contributed by atoms with E-state index in [0.29, 0.717) is 6.54 Å². The molecule has 2 amide bonds. The molecule has 180 valence electrons. The third kappa shape index (κ3) is 4.25. The fourth-order valence-electron chi connectivity index (χ4n) is 4.94. The summed E-state index contributed by atoms with van der Waals surface area (Å²) >= 11 is 0. The number of carboxylic acids is 1. The van der Waals surface area contributed by atoms with Gasteiger partial charge >= 0.3 is 12.1 Å². The number of hydrogen-bond acceptors (Lipinski definition) is 5. The van der Waals surface area contributed by atoms with Gasteiger partial charge < -0.3 is 24.8 Å². The van der Waals surface area contributed by atoms with Crippen LogP contribution in [-0.4, -0.2) is 67.4 Å². The van der Waals surface area contributed by atoms with Crippen molar-refractivity contribution in [2.24, 2.45) is 11.3 Å². The number of rotatable bonds is 7. The molecule has 0 aromatic heterocycles. The minimum atomic E-state index is -1.03. The van der Waals surface area contributed by atoms with Gasteiger partial charge in [-0.1, -0.05) is 55.5 Å². The fraction of sp³-hybridized carbons (Fsp3) is 0.423. The molecule has 0 spiro atoms. The van der Waals surface area contributed by atoms with Gasteiger partial charge in [0.15, 0.2) is 0 Å². The molecule has 2 N–H and O–H groups in total. The molecule has 1 fully saturated rings. The number of carbonyl (C=O) groups is 3. The van der Waals surface area contributed by atoms with Crippen LogP contribution in [0.25, 0.3) is 11.1 Å². The molecule has 8 heteroatoms. The van der Waals surface area contributed by atoms with Crippen LogP contribution in [-0.2, 0) is 19.1 Å². The number of carbonyl (C=O) groups excluding carboxylic acids is 2. The Morgan fingerprint density at radius 1 is 1.12 bits per heavy atom. The van der Waals surface area contributed by atoms with Crippen LogP contribution < -0.4 is 5.32 Å². The summed E-state index contributed by atoms with van der Waals surface area (Å²) in [7, 11) is 1.44. The van der Waals surface area contributed by atoms with E-state index < -0.39 is 23.5 Å². The van der Waals surface area contributed by atoms with Crippen LogP contribution >= 0.6 is 0 Å². The number of benzene rings is 2. The summed E-state index contributed by atoms with van der Waals surface area (Å²) in [6.07, 6.45) is -0.717. The summed E-state index contributed by atoms with van der Waals surface area (Å²) < 4.78 is 10.7. The van der Waals surface area contributed by atoms with Crippen LogP contribution in [0.3, 0.4) is 0 Å². The average molecular weight is 467 g/mol. The Bertz CT molecular complexity index is 1060. The monoisotopic (exact) mass is 466 g/mol. The van der Waals surface area contributed by atoms with Crippen LogP contribution in [0.2, 0.25) is 0 Å². The van der Waals surface area contributed by atoms with Crippen molar-refractivity contribution >= 4 is 18.0 Å². The fourth-order valence-corrected chi connectivity index (χ4v) is 4.94. The lowest BCUT2D eigenvalue weighted by Crippen LogP contribution is -2.51. The van der Waals surface area contributed by atoms with Gasteiger partial charge in [0.2, 0.25) is 5.91 Å². The highest BCUT2D eigenvalue weighted by molar-refractivity contribution is 5.87. The van der Waals surface area contributed by atoms with Crippen molar-refractivity contribution in [2.45, 2.75) is 25.8 Å². The zero-order valence-electron chi connectivity index (χ0n) is 19.6. The van der Waals surface area contributed by atoms with Gasteiger partial charge in [-0.3, -0.25) is 9.59 Å². The number of likely N-dealkylation sites (tertiary alicyclic amines) is 1. The number of nitrogens with one attached hydrogen (secondary N) is 1. The van der Waals surface area contributed by atoms with E-state index in [2.05, 4.69) is 17.4 Å². The summed E-state index contributed by atoms with van der Waals surface area (Å²) in [5.74, 6) is -1.63. The predicted octanol–water partition coefficient (Wildman–Crippen LogP) is 3.11. The molecule has 8 nitrogen and oxygen atoms in total. The molecule has 2 aromatic rings. The smallest absolute Gasteiger partial charge is 0.407 e. The number of amides is 2. The lowest BCUT2D eigenvalue weighted by Gasteiger charge is -2.25. The maximum atomic E-state index is 13.1. The molecular weight excluding hydrogens is 436 g/mol. The van der Waals surface area contributed by atoms with Crippen molar-refractivity contribution in [3.63, 3.8) is 0 Å². The maximum Gasteiger partial charge on any atom is 0.407 e. The molecule has 2 aromatic carbocycles. The molecule has 4 rings (SSSR count). The molecule has 0 saturated carbocycles. The second kappa shape index (κ2) is 9.46. The number of aliphatic carboxylic acids is 1. The van der Waals surface area contributed by atoms with Gasteiger partial charge in [0.25, 0.3) is 0 Å². The van der Waals surface area contributed by atoms with Gasteiger partial charge in [-0.05, 0) is 35.1 Å². The number of fused-ring (bicyclic) bond motifs is 3. The van der Waals surface area contributed by atoms with Gasteiger partial charge in [-0.2, -0.15) is 0 Å². The van der Waals surface area contributed by atoms with Gasteiger partial charge in [-0.25, -0.2) is 4.79 Å². The summed E-state index contributed by atoms with van der Waals surface area (Å²) in [5, 5.41) is 12.2. The van der Waals surface area contributed by atoms with Gasteiger partial charge in [-0.15, -0.1) is 0 Å². The molecule has 3 atom stereocenters. The molecule has 2 aliphatic rings. The third-order valence-corrected chi connectivity index (χ3v) is 7.17. The molecule has 0 bridgehead atoms. The maximum absolute atomic E-state index is 13.1. The van der Waals surface area contributed by atoms with Crippen molar-refractivity contribution in [3.8, 4) is 11.1 Å². The third-order valence-electron chi connectivity index (χ3n) is 7.17. The number of alkyl carbamates (subject to hydrolysis) is 1. The minimum absolute atomic E-state index is 0.0440. The van der Waals surface area contributed by atoms with Crippen LogP contribution in [0.5, 0.6) is 0 Å². The quantitative estimate of drug-likeness (QED) is 0.650. The van der Waals surface area contributed by atoms with Crippen LogP contribution in [0.4, 0.5) is 4.79 Å². The number of ether oxygens (including phenoxy) is 2. The Morgan fingerprint density at radius 3 is 2.24 bits per heavy atom. The number of nitrogens with zero attached hydrogens (tertiary/aromatic N) is 1. The summed E-state index contributed by atoms with van der Waals surface area (Å²) in [6.45, 7) is 3.91. The lowest BCUT2D eigenvalue weighted by molar-refractivity contribution is -0.149. The Labute approximate surface area is 198 Å². The second-order valence-electron chi connectivity index (χ2n) is 9.32. The zero-order valence-corrected chi connectivity index (χ0v) is 19.6. The van der Waals surface area contributed by atoms with Gasteiger partial charge in [0.1, 0.15) is 12.6 Å². The number of methoxy groups -OCH3 is 1. The van der Waals surface area contributed by atoms with E-state index in [9.17, 15) is 19.5 Å². The molecule has 1 unspecified atom stereocenters. The molecular formula is C26H30N2O6. The van der Waals surface area contributed by atoms with E-state index >= 15 is 0 Å². The number of hydrogen-bond donors (Lipinski definition) is 2. The van der Waals surface area contributed by atoms with Crippen molar-refractivity contribution in [1.82, 2.24) is 10.2 Å². The van der Waals surface area contributed by atoms with Crippen LogP contribution in [0.15, 0.2) is 48.5 Å². The molecule has 34 heavy (non-hydrogen) atoms. The zero-order chi connectivity index (χ0) is 24.5. The molecule has 1 aliphatic carbocycles. The Morgan fingerprint density at radius 2 is 1.71 bits per heavy atom. The highest BCUT2D eigenvalue weighted by Gasteiger charge is 2.48. The van der Waals surface area contributed by atoms with Crippen molar-refractivity contribution in [2.75, 3.05) is 33.4 Å². The molecule has 1 saturated heterocycles. The lowest BCUT2D eigenvalue weighted by atomic mass is 9.81. The van der Waals surface area contributed by atoms with E-state index in [1.807, 2.05) is 43.3 Å². The summed E-state index contributed by atoms with van der Waals surface area (Å²) in [5.41, 5.74) is 3.42. The Hall–Kier alpha value is -3.39. The normalized spacial score (nSPS) is 22.1. The first-order chi connectivity index (χ1) is 16.3. The highest BCUT2D eigenvalue weighted by Crippen LogP contribution is 2.44. The first kappa shape index (κ1) is 23.8. The van der Waals surface area contributed by atoms with Crippen molar-refractivity contribution in [1.29, 1.82) is 0 Å². The SMILES string of the molecule is COCC(NC(=O)OCC1c2ccccc2-c2ccccc21)C(=O)N1C[C@H](C)[C@@](C)(C(=O)O)C1. The summed E-state index contributed by atoms with van der Waals surface area (Å²) in [6, 6.07) is 15.1. The van der Waals surface area contributed by atoms with E-state index in [1.54, 1.807) is 6.92 Å². The van der Waals surface area contributed by atoms with E-state index in [4.69, 9.17) is 9.47 Å². The Balaban J connectivity index is 1.41. The average Bonchev–Trinajstić information content (AvgIpc) is 3.32. The first-order valence-corrected chi connectivity index (χ1v) is 11.4. The van der Waals surface area contributed by atoms with Crippen LogP contribution in [0.1, 0.15) is 30.9 Å². The van der Waals surface area contributed by atoms with E-state index in [1.165, 1.54) is 12.0 Å². The molecule has 1 aliphatic heterocycles. The van der Waals surface area contributed by atoms with Crippen LogP contribution in [0, 0.1) is 11.3 Å². The largest absolute Gasteiger partial charge is 0.481 e. The second-order valence-corrected chi connectivity index (χ2v) is 9.32. The topological polar surface area (TPSA) is 105 Å².